The van der Waals surface area contributed by atoms with Gasteiger partial charge in [0.15, 0.2) is 0 Å². The second kappa shape index (κ2) is 13.8. The van der Waals surface area contributed by atoms with Crippen molar-refractivity contribution in [1.82, 2.24) is 10.2 Å². The Morgan fingerprint density at radius 2 is 1.49 bits per heavy atom. The predicted octanol–water partition coefficient (Wildman–Crippen LogP) is 5.95. The topological polar surface area (TPSA) is 86.8 Å². The third kappa shape index (κ3) is 8.19. The highest BCUT2D eigenvalue weighted by molar-refractivity contribution is 7.92. The van der Waals surface area contributed by atoms with Crippen molar-refractivity contribution < 1.29 is 18.0 Å². The van der Waals surface area contributed by atoms with E-state index in [9.17, 15) is 18.0 Å². The third-order valence-corrected chi connectivity index (χ3v) is 8.78. The average molecular weight is 578 g/mol. The number of carbonyl (C=O) groups excluding carboxylic acids is 2. The first-order valence-corrected chi connectivity index (χ1v) is 15.6. The zero-order valence-corrected chi connectivity index (χ0v) is 26.0. The summed E-state index contributed by atoms with van der Waals surface area (Å²) < 4.78 is 29.2. The quantitative estimate of drug-likeness (QED) is 0.288. The molecule has 41 heavy (non-hydrogen) atoms. The van der Waals surface area contributed by atoms with Crippen LogP contribution in [0.15, 0.2) is 77.7 Å². The van der Waals surface area contributed by atoms with Gasteiger partial charge in [-0.2, -0.15) is 0 Å². The van der Waals surface area contributed by atoms with Gasteiger partial charge in [0.1, 0.15) is 12.6 Å². The molecule has 3 rings (SSSR count). The Bertz CT molecular complexity index is 1430. The summed E-state index contributed by atoms with van der Waals surface area (Å²) in [6.07, 6.45) is 0.379. The minimum atomic E-state index is -4.10. The van der Waals surface area contributed by atoms with E-state index in [0.717, 1.165) is 26.6 Å². The van der Waals surface area contributed by atoms with Crippen molar-refractivity contribution in [3.8, 4) is 0 Å². The van der Waals surface area contributed by atoms with E-state index in [-0.39, 0.29) is 29.3 Å². The zero-order chi connectivity index (χ0) is 30.3. The van der Waals surface area contributed by atoms with Gasteiger partial charge in [0, 0.05) is 12.6 Å². The lowest BCUT2D eigenvalue weighted by Gasteiger charge is -2.33. The van der Waals surface area contributed by atoms with Crippen LogP contribution in [0, 0.1) is 13.8 Å². The van der Waals surface area contributed by atoms with E-state index in [1.165, 1.54) is 4.90 Å². The van der Waals surface area contributed by atoms with Crippen molar-refractivity contribution in [3.63, 3.8) is 0 Å². The van der Waals surface area contributed by atoms with Crippen LogP contribution in [0.25, 0.3) is 0 Å². The van der Waals surface area contributed by atoms with Crippen LogP contribution in [0.5, 0.6) is 0 Å². The number of anilines is 1. The molecule has 0 aliphatic rings. The maximum absolute atomic E-state index is 14.2. The van der Waals surface area contributed by atoms with Gasteiger partial charge in [0.25, 0.3) is 10.0 Å². The van der Waals surface area contributed by atoms with Crippen molar-refractivity contribution in [1.29, 1.82) is 0 Å². The summed E-state index contributed by atoms with van der Waals surface area (Å²) in [6.45, 7) is 13.3. The molecule has 3 aromatic rings. The monoisotopic (exact) mass is 577 g/mol. The fourth-order valence-electron chi connectivity index (χ4n) is 4.70. The van der Waals surface area contributed by atoms with Gasteiger partial charge < -0.3 is 10.2 Å². The normalized spacial score (nSPS) is 12.3. The molecular weight excluding hydrogens is 534 g/mol. The summed E-state index contributed by atoms with van der Waals surface area (Å²) in [5, 5.41) is 2.92. The Balaban J connectivity index is 2.08. The summed E-state index contributed by atoms with van der Waals surface area (Å²) >= 11 is 0. The number of aryl methyl sites for hydroxylation is 2. The number of carbonyl (C=O) groups is 2. The van der Waals surface area contributed by atoms with Crippen LogP contribution >= 0.6 is 0 Å². The van der Waals surface area contributed by atoms with E-state index in [1.54, 1.807) is 36.4 Å². The van der Waals surface area contributed by atoms with Crippen LogP contribution in [0.2, 0.25) is 0 Å². The molecule has 1 atom stereocenters. The molecule has 0 aliphatic carbocycles. The van der Waals surface area contributed by atoms with Crippen molar-refractivity contribution in [2.24, 2.45) is 0 Å². The van der Waals surface area contributed by atoms with Crippen LogP contribution in [-0.4, -0.2) is 43.8 Å². The molecule has 0 aliphatic heterocycles. The second-order valence-corrected chi connectivity index (χ2v) is 13.0. The number of amides is 2. The predicted molar refractivity (Wildman–Crippen MR) is 165 cm³/mol. The highest BCUT2D eigenvalue weighted by Gasteiger charge is 2.34. The Hall–Kier alpha value is -3.65. The molecule has 220 valence electrons. The van der Waals surface area contributed by atoms with Crippen LogP contribution in [0.1, 0.15) is 69.2 Å². The van der Waals surface area contributed by atoms with Crippen LogP contribution in [0.3, 0.4) is 0 Å². The number of hydrogen-bond donors (Lipinski definition) is 1. The van der Waals surface area contributed by atoms with Crippen molar-refractivity contribution >= 4 is 27.5 Å². The van der Waals surface area contributed by atoms with Crippen molar-refractivity contribution in [2.75, 3.05) is 10.8 Å². The zero-order valence-electron chi connectivity index (χ0n) is 25.2. The molecule has 0 aromatic heterocycles. The smallest absolute Gasteiger partial charge is 0.264 e. The number of nitrogens with one attached hydrogen (secondary N) is 1. The first kappa shape index (κ1) is 31.9. The van der Waals surface area contributed by atoms with Crippen LogP contribution < -0.4 is 9.62 Å². The lowest BCUT2D eigenvalue weighted by Crippen LogP contribution is -2.53. The van der Waals surface area contributed by atoms with Crippen molar-refractivity contribution in [3.05, 3.63) is 95.1 Å². The summed E-state index contributed by atoms with van der Waals surface area (Å²) in [5.41, 5.74) is 4.27. The molecule has 0 bridgehead atoms. The Labute approximate surface area is 245 Å². The van der Waals surface area contributed by atoms with E-state index in [2.05, 4.69) is 19.2 Å². The molecule has 0 saturated carbocycles. The molecule has 7 nitrogen and oxygen atoms in total. The summed E-state index contributed by atoms with van der Waals surface area (Å²) in [7, 11) is -4.10. The molecule has 1 unspecified atom stereocenters. The van der Waals surface area contributed by atoms with Gasteiger partial charge in [0.2, 0.25) is 11.8 Å². The Kier molecular flexibility index (Phi) is 10.7. The van der Waals surface area contributed by atoms with E-state index < -0.39 is 28.5 Å². The third-order valence-electron chi connectivity index (χ3n) is 6.99. The average Bonchev–Trinajstić information content (AvgIpc) is 2.91. The summed E-state index contributed by atoms with van der Waals surface area (Å²) in [5.74, 6) is -0.457. The minimum Gasteiger partial charge on any atom is -0.352 e. The molecule has 2 amide bonds. The minimum absolute atomic E-state index is 0.0960. The summed E-state index contributed by atoms with van der Waals surface area (Å²) in [4.78, 5) is 29.0. The molecule has 0 radical (unpaired) electrons. The largest absolute Gasteiger partial charge is 0.352 e. The number of sulfonamides is 1. The second-order valence-electron chi connectivity index (χ2n) is 11.2. The van der Waals surface area contributed by atoms with Crippen molar-refractivity contribution in [2.45, 2.75) is 84.3 Å². The standard InChI is InChI=1S/C33H43N3O4S/c1-8-31(33(38)34-24(4)5)35(21-27-11-9-10-26(7)20-27)32(37)22-36(29-16-14-28(15-17-29)23(2)3)41(39,40)30-18-12-25(6)13-19-30/h9-20,23-24,31H,8,21-22H2,1-7H3,(H,34,38). The highest BCUT2D eigenvalue weighted by atomic mass is 32.2. The molecular formula is C33H43N3O4S. The molecule has 0 fully saturated rings. The van der Waals surface area contributed by atoms with Gasteiger partial charge in [-0.1, -0.05) is 80.4 Å². The number of benzene rings is 3. The molecule has 0 saturated heterocycles. The SMILES string of the molecule is CCC(C(=O)NC(C)C)N(Cc1cccc(C)c1)C(=O)CN(c1ccc(C(C)C)cc1)S(=O)(=O)c1ccc(C)cc1. The van der Waals surface area contributed by atoms with Gasteiger partial charge in [0.05, 0.1) is 10.6 Å². The first-order chi connectivity index (χ1) is 19.3. The fourth-order valence-corrected chi connectivity index (χ4v) is 6.11. The lowest BCUT2D eigenvalue weighted by molar-refractivity contribution is -0.140. The Morgan fingerprint density at radius 1 is 0.854 bits per heavy atom. The molecule has 1 N–H and O–H groups in total. The molecule has 8 heteroatoms. The van der Waals surface area contributed by atoms with E-state index in [1.807, 2.05) is 71.0 Å². The van der Waals surface area contributed by atoms with E-state index >= 15 is 0 Å². The number of rotatable bonds is 12. The van der Waals surface area contributed by atoms with E-state index in [4.69, 9.17) is 0 Å². The van der Waals surface area contributed by atoms with E-state index in [0.29, 0.717) is 12.1 Å². The summed E-state index contributed by atoms with van der Waals surface area (Å²) in [6, 6.07) is 20.7. The van der Waals surface area contributed by atoms with Crippen LogP contribution in [0.4, 0.5) is 5.69 Å². The first-order valence-electron chi connectivity index (χ1n) is 14.2. The number of hydrogen-bond acceptors (Lipinski definition) is 4. The fraction of sp³-hybridized carbons (Fsp3) is 0.394. The number of nitrogens with zero attached hydrogens (tertiary/aromatic N) is 2. The molecule has 3 aromatic carbocycles. The molecule has 0 heterocycles. The van der Waals surface area contributed by atoms with Gasteiger partial charge in [-0.05, 0) is 75.4 Å². The maximum atomic E-state index is 14.2. The van der Waals surface area contributed by atoms with Gasteiger partial charge in [-0.15, -0.1) is 0 Å². The Morgan fingerprint density at radius 3 is 2.02 bits per heavy atom. The highest BCUT2D eigenvalue weighted by Crippen LogP contribution is 2.27. The maximum Gasteiger partial charge on any atom is 0.264 e. The van der Waals surface area contributed by atoms with Gasteiger partial charge in [-0.25, -0.2) is 8.42 Å². The van der Waals surface area contributed by atoms with Gasteiger partial charge in [-0.3, -0.25) is 13.9 Å². The van der Waals surface area contributed by atoms with Crippen LogP contribution in [-0.2, 0) is 26.2 Å². The molecule has 0 spiro atoms. The lowest BCUT2D eigenvalue weighted by atomic mass is 10.0. The van der Waals surface area contributed by atoms with Gasteiger partial charge >= 0.3 is 0 Å².